The third-order valence-electron chi connectivity index (χ3n) is 1.62. The van der Waals surface area contributed by atoms with E-state index < -0.39 is 0 Å². The van der Waals surface area contributed by atoms with Crippen molar-refractivity contribution in [2.24, 2.45) is 0 Å². The first-order valence-electron chi connectivity index (χ1n) is 3.47. The van der Waals surface area contributed by atoms with Gasteiger partial charge in [0.2, 0.25) is 0 Å². The molecular formula is C9H7NaO2. The van der Waals surface area contributed by atoms with Gasteiger partial charge in [0.15, 0.2) is 0 Å². The molecule has 0 spiro atoms. The summed E-state index contributed by atoms with van der Waals surface area (Å²) in [6, 6.07) is 4.82. The van der Waals surface area contributed by atoms with E-state index >= 15 is 0 Å². The Morgan fingerprint density at radius 3 is 3.00 bits per heavy atom. The minimum Gasteiger partial charge on any atom is -0.872 e. The van der Waals surface area contributed by atoms with Crippen molar-refractivity contribution in [2.75, 3.05) is 6.61 Å². The van der Waals surface area contributed by atoms with Gasteiger partial charge in [-0.1, -0.05) is 18.2 Å². The van der Waals surface area contributed by atoms with Crippen LogP contribution in [0, 0.1) is 0 Å². The molecule has 0 aliphatic carbocycles. The number of rotatable bonds is 0. The number of fused-ring (bicyclic) bond motifs is 1. The number of hydrogen-bond acceptors (Lipinski definition) is 2. The number of hydrogen-bond donors (Lipinski definition) is 0. The predicted molar refractivity (Wildman–Crippen MR) is 40.4 cm³/mol. The fourth-order valence-corrected chi connectivity index (χ4v) is 1.09. The van der Waals surface area contributed by atoms with Crippen molar-refractivity contribution >= 4 is 6.08 Å². The van der Waals surface area contributed by atoms with Crippen molar-refractivity contribution in [1.29, 1.82) is 0 Å². The molecule has 0 atom stereocenters. The molecule has 0 N–H and O–H groups in total. The maximum Gasteiger partial charge on any atom is 1.00 e. The molecule has 0 fully saturated rings. The van der Waals surface area contributed by atoms with E-state index in [4.69, 9.17) is 4.74 Å². The molecule has 56 valence electrons. The molecule has 0 bridgehead atoms. The van der Waals surface area contributed by atoms with Gasteiger partial charge in [-0.25, -0.2) is 0 Å². The molecule has 1 aliphatic heterocycles. The molecule has 2 rings (SSSR count). The topological polar surface area (TPSA) is 32.3 Å². The third-order valence-corrected chi connectivity index (χ3v) is 1.62. The van der Waals surface area contributed by atoms with Crippen LogP contribution in [0.4, 0.5) is 0 Å². The maximum absolute atomic E-state index is 10.8. The van der Waals surface area contributed by atoms with Gasteiger partial charge in [0, 0.05) is 5.56 Å². The average Bonchev–Trinajstić information content (AvgIpc) is 2.04. The first kappa shape index (κ1) is 9.65. The molecule has 0 aromatic heterocycles. The van der Waals surface area contributed by atoms with Crippen LogP contribution in [0.25, 0.3) is 6.08 Å². The van der Waals surface area contributed by atoms with E-state index in [1.165, 1.54) is 12.1 Å². The molecule has 0 radical (unpaired) electrons. The zero-order valence-corrected chi connectivity index (χ0v) is 8.91. The van der Waals surface area contributed by atoms with Gasteiger partial charge < -0.3 is 9.84 Å². The first-order chi connectivity index (χ1) is 5.36. The smallest absolute Gasteiger partial charge is 0.872 e. The second-order valence-electron chi connectivity index (χ2n) is 2.41. The van der Waals surface area contributed by atoms with Crippen molar-refractivity contribution in [2.45, 2.75) is 0 Å². The van der Waals surface area contributed by atoms with Crippen LogP contribution < -0.4 is 39.4 Å². The fourth-order valence-electron chi connectivity index (χ4n) is 1.09. The summed E-state index contributed by atoms with van der Waals surface area (Å²) in [5.74, 6) is 0.694. The zero-order valence-electron chi connectivity index (χ0n) is 6.91. The average molecular weight is 170 g/mol. The molecule has 1 heterocycles. The van der Waals surface area contributed by atoms with Crippen molar-refractivity contribution in [3.05, 3.63) is 29.8 Å². The normalized spacial score (nSPS) is 12.7. The van der Waals surface area contributed by atoms with E-state index in [-0.39, 0.29) is 35.3 Å². The van der Waals surface area contributed by atoms with E-state index in [0.717, 1.165) is 5.56 Å². The van der Waals surface area contributed by atoms with Gasteiger partial charge >= 0.3 is 29.6 Å². The van der Waals surface area contributed by atoms with E-state index in [9.17, 15) is 5.11 Å². The summed E-state index contributed by atoms with van der Waals surface area (Å²) in [6.07, 6.45) is 3.88. The summed E-state index contributed by atoms with van der Waals surface area (Å²) < 4.78 is 5.22. The van der Waals surface area contributed by atoms with Crippen LogP contribution in [0.3, 0.4) is 0 Å². The SMILES string of the molecule is [Na+].[O-]c1ccc2c(c1)OCC=C2. The second kappa shape index (κ2) is 3.99. The predicted octanol–water partition coefficient (Wildman–Crippen LogP) is -1.83. The molecule has 0 unspecified atom stereocenters. The quantitative estimate of drug-likeness (QED) is 0.429. The molecule has 0 saturated carbocycles. The van der Waals surface area contributed by atoms with Gasteiger partial charge in [0.1, 0.15) is 12.4 Å². The van der Waals surface area contributed by atoms with Crippen LogP contribution in [0.1, 0.15) is 5.56 Å². The van der Waals surface area contributed by atoms with Crippen LogP contribution in [0.15, 0.2) is 24.3 Å². The summed E-state index contributed by atoms with van der Waals surface area (Å²) in [5, 5.41) is 10.8. The third kappa shape index (κ3) is 1.83. The van der Waals surface area contributed by atoms with Gasteiger partial charge in [-0.3, -0.25) is 0 Å². The van der Waals surface area contributed by atoms with Crippen LogP contribution in [-0.4, -0.2) is 6.61 Å². The zero-order chi connectivity index (χ0) is 7.68. The van der Waals surface area contributed by atoms with Crippen molar-refractivity contribution < 1.29 is 39.4 Å². The molecule has 3 heteroatoms. The minimum absolute atomic E-state index is 0. The Kier molecular flexibility index (Phi) is 3.20. The standard InChI is InChI=1S/C9H8O2.Na/c10-8-4-3-7-2-1-5-11-9(7)6-8;/h1-4,6,10H,5H2;/q;+1/p-1. The van der Waals surface area contributed by atoms with Crippen LogP contribution in [0.5, 0.6) is 11.5 Å². The Morgan fingerprint density at radius 1 is 1.33 bits per heavy atom. The van der Waals surface area contributed by atoms with E-state index in [2.05, 4.69) is 0 Å². The van der Waals surface area contributed by atoms with Gasteiger partial charge in [0.05, 0.1) is 0 Å². The van der Waals surface area contributed by atoms with Crippen molar-refractivity contribution in [3.8, 4) is 11.5 Å². The summed E-state index contributed by atoms with van der Waals surface area (Å²) in [7, 11) is 0. The summed E-state index contributed by atoms with van der Waals surface area (Å²) in [6.45, 7) is 0.566. The van der Waals surface area contributed by atoms with Crippen LogP contribution >= 0.6 is 0 Å². The van der Waals surface area contributed by atoms with E-state index in [0.29, 0.717) is 12.4 Å². The van der Waals surface area contributed by atoms with Gasteiger partial charge in [0.25, 0.3) is 0 Å². The van der Waals surface area contributed by atoms with Crippen LogP contribution in [-0.2, 0) is 0 Å². The Hall–Kier alpha value is -0.440. The maximum atomic E-state index is 10.8. The summed E-state index contributed by atoms with van der Waals surface area (Å²) in [5.41, 5.74) is 0.982. The van der Waals surface area contributed by atoms with Crippen LogP contribution in [0.2, 0.25) is 0 Å². The fraction of sp³-hybridized carbons (Fsp3) is 0.111. The van der Waals surface area contributed by atoms with Crippen molar-refractivity contribution in [1.82, 2.24) is 0 Å². The monoisotopic (exact) mass is 170 g/mol. The van der Waals surface area contributed by atoms with Gasteiger partial charge in [-0.05, 0) is 12.1 Å². The van der Waals surface area contributed by atoms with E-state index in [1.54, 1.807) is 6.07 Å². The molecule has 0 saturated heterocycles. The Labute approximate surface area is 93.2 Å². The van der Waals surface area contributed by atoms with Gasteiger partial charge in [-0.15, -0.1) is 5.75 Å². The number of ether oxygens (including phenoxy) is 1. The van der Waals surface area contributed by atoms with Crippen molar-refractivity contribution in [3.63, 3.8) is 0 Å². The molecule has 1 aromatic rings. The molecule has 1 aromatic carbocycles. The number of benzene rings is 1. The molecule has 1 aliphatic rings. The molecular weight excluding hydrogens is 163 g/mol. The largest absolute Gasteiger partial charge is 1.00 e. The Balaban J connectivity index is 0.000000720. The van der Waals surface area contributed by atoms with Gasteiger partial charge in [-0.2, -0.15) is 0 Å². The summed E-state index contributed by atoms with van der Waals surface area (Å²) in [4.78, 5) is 0. The Bertz CT molecular complexity index is 307. The second-order valence-corrected chi connectivity index (χ2v) is 2.41. The summed E-state index contributed by atoms with van der Waals surface area (Å²) >= 11 is 0. The Morgan fingerprint density at radius 2 is 2.17 bits per heavy atom. The molecule has 0 amide bonds. The molecule has 2 nitrogen and oxygen atoms in total. The first-order valence-corrected chi connectivity index (χ1v) is 3.47. The molecule has 12 heavy (non-hydrogen) atoms. The van der Waals surface area contributed by atoms with E-state index in [1.807, 2.05) is 12.2 Å². The minimum atomic E-state index is -0.000880.